The lowest BCUT2D eigenvalue weighted by atomic mass is 9.97. The molecule has 2 aromatic rings. The van der Waals surface area contributed by atoms with E-state index in [4.69, 9.17) is 4.74 Å². The van der Waals surface area contributed by atoms with E-state index in [9.17, 15) is 14.0 Å². The molecule has 1 atom stereocenters. The Morgan fingerprint density at radius 2 is 1.69 bits per heavy atom. The van der Waals surface area contributed by atoms with Gasteiger partial charge >= 0.3 is 0 Å². The Kier molecular flexibility index (Phi) is 7.17. The van der Waals surface area contributed by atoms with Crippen LogP contribution in [0, 0.1) is 5.82 Å². The molecule has 152 valence electrons. The third kappa shape index (κ3) is 6.01. The second kappa shape index (κ2) is 10.0. The molecule has 0 bridgehead atoms. The van der Waals surface area contributed by atoms with Crippen LogP contribution in [0.3, 0.4) is 0 Å². The van der Waals surface area contributed by atoms with E-state index < -0.39 is 6.10 Å². The minimum absolute atomic E-state index is 0.159. The zero-order valence-corrected chi connectivity index (χ0v) is 16.6. The van der Waals surface area contributed by atoms with Gasteiger partial charge in [0.1, 0.15) is 11.6 Å². The molecule has 0 aromatic heterocycles. The van der Waals surface area contributed by atoms with E-state index in [-0.39, 0.29) is 17.5 Å². The van der Waals surface area contributed by atoms with Crippen LogP contribution in [0.5, 0.6) is 5.75 Å². The van der Waals surface area contributed by atoms with E-state index in [1.807, 2.05) is 0 Å². The molecule has 4 nitrogen and oxygen atoms in total. The van der Waals surface area contributed by atoms with Gasteiger partial charge in [-0.1, -0.05) is 11.6 Å². The number of allylic oxidation sites excluding steroid dienone is 1. The average molecular weight is 395 g/mol. The molecule has 0 fully saturated rings. The van der Waals surface area contributed by atoms with Gasteiger partial charge in [-0.3, -0.25) is 9.59 Å². The standard InChI is InChI=1S/C24H26FNO3/c1-17(24(28)26-16-15-18-5-3-2-4-6-18)29-22-13-9-20(10-14-22)23(27)19-7-11-21(25)12-8-19/h5,7-14,17H,2-4,6,15-16H2,1H3,(H,26,28)/t17-/m0/s1. The molecule has 0 saturated heterocycles. The number of ketones is 1. The van der Waals surface area contributed by atoms with Crippen LogP contribution in [-0.2, 0) is 4.79 Å². The van der Waals surface area contributed by atoms with Gasteiger partial charge in [-0.25, -0.2) is 4.39 Å². The van der Waals surface area contributed by atoms with Crippen LogP contribution in [0.15, 0.2) is 60.2 Å². The van der Waals surface area contributed by atoms with Gasteiger partial charge < -0.3 is 10.1 Å². The predicted octanol–water partition coefficient (Wildman–Crippen LogP) is 4.83. The first-order chi connectivity index (χ1) is 14.0. The molecular formula is C24H26FNO3. The van der Waals surface area contributed by atoms with E-state index >= 15 is 0 Å². The van der Waals surface area contributed by atoms with Gasteiger partial charge in [-0.2, -0.15) is 0 Å². The summed E-state index contributed by atoms with van der Waals surface area (Å²) in [6, 6.07) is 12.0. The molecule has 29 heavy (non-hydrogen) atoms. The summed E-state index contributed by atoms with van der Waals surface area (Å²) in [5.41, 5.74) is 2.31. The summed E-state index contributed by atoms with van der Waals surface area (Å²) >= 11 is 0. The average Bonchev–Trinajstić information content (AvgIpc) is 2.75. The maximum Gasteiger partial charge on any atom is 0.260 e. The first kappa shape index (κ1) is 20.8. The summed E-state index contributed by atoms with van der Waals surface area (Å²) in [5.74, 6) is -0.224. The van der Waals surface area contributed by atoms with Gasteiger partial charge in [-0.05, 0) is 87.6 Å². The number of carbonyl (C=O) groups excluding carboxylic acids is 2. The van der Waals surface area contributed by atoms with Crippen LogP contribution in [0.1, 0.15) is 54.9 Å². The Morgan fingerprint density at radius 3 is 2.31 bits per heavy atom. The Morgan fingerprint density at radius 1 is 1.03 bits per heavy atom. The van der Waals surface area contributed by atoms with Gasteiger partial charge in [-0.15, -0.1) is 0 Å². The fraction of sp³-hybridized carbons (Fsp3) is 0.333. The van der Waals surface area contributed by atoms with Crippen LogP contribution in [0.25, 0.3) is 0 Å². The van der Waals surface area contributed by atoms with Gasteiger partial charge in [0.2, 0.25) is 0 Å². The van der Waals surface area contributed by atoms with Gasteiger partial charge in [0.05, 0.1) is 0 Å². The van der Waals surface area contributed by atoms with Crippen LogP contribution >= 0.6 is 0 Å². The molecule has 5 heteroatoms. The molecule has 1 aliphatic rings. The lowest BCUT2D eigenvalue weighted by Gasteiger charge is -2.16. The van der Waals surface area contributed by atoms with Crippen molar-refractivity contribution in [3.63, 3.8) is 0 Å². The normalized spacial score (nSPS) is 14.6. The number of carbonyl (C=O) groups is 2. The molecule has 0 radical (unpaired) electrons. The second-order valence-electron chi connectivity index (χ2n) is 7.27. The highest BCUT2D eigenvalue weighted by molar-refractivity contribution is 6.09. The van der Waals surface area contributed by atoms with Crippen LogP contribution in [-0.4, -0.2) is 24.3 Å². The van der Waals surface area contributed by atoms with E-state index in [2.05, 4.69) is 11.4 Å². The van der Waals surface area contributed by atoms with Crippen molar-refractivity contribution in [3.05, 3.63) is 77.1 Å². The molecule has 1 N–H and O–H groups in total. The fourth-order valence-corrected chi connectivity index (χ4v) is 3.33. The largest absolute Gasteiger partial charge is 0.481 e. The number of rotatable bonds is 8. The van der Waals surface area contributed by atoms with Crippen LogP contribution in [0.4, 0.5) is 4.39 Å². The fourth-order valence-electron chi connectivity index (χ4n) is 3.33. The third-order valence-electron chi connectivity index (χ3n) is 5.04. The van der Waals surface area contributed by atoms with Crippen molar-refractivity contribution in [2.45, 2.75) is 45.1 Å². The molecule has 1 aliphatic carbocycles. The van der Waals surface area contributed by atoms with Crippen molar-refractivity contribution >= 4 is 11.7 Å². The second-order valence-corrected chi connectivity index (χ2v) is 7.27. The first-order valence-electron chi connectivity index (χ1n) is 10.1. The number of amides is 1. The predicted molar refractivity (Wildman–Crippen MR) is 111 cm³/mol. The molecule has 0 saturated carbocycles. The zero-order chi connectivity index (χ0) is 20.6. The lowest BCUT2D eigenvalue weighted by molar-refractivity contribution is -0.127. The minimum Gasteiger partial charge on any atom is -0.481 e. The van der Waals surface area contributed by atoms with Crippen molar-refractivity contribution in [1.82, 2.24) is 5.32 Å². The summed E-state index contributed by atoms with van der Waals surface area (Å²) in [6.07, 6.45) is 7.30. The summed E-state index contributed by atoms with van der Waals surface area (Å²) in [4.78, 5) is 24.7. The molecule has 0 aliphatic heterocycles. The Bertz CT molecular complexity index is 872. The molecule has 0 heterocycles. The number of hydrogen-bond donors (Lipinski definition) is 1. The highest BCUT2D eigenvalue weighted by Gasteiger charge is 2.15. The highest BCUT2D eigenvalue weighted by atomic mass is 19.1. The summed E-state index contributed by atoms with van der Waals surface area (Å²) in [6.45, 7) is 2.32. The number of nitrogens with one attached hydrogen (secondary N) is 1. The van der Waals surface area contributed by atoms with Gasteiger partial charge in [0.15, 0.2) is 11.9 Å². The number of halogens is 1. The van der Waals surface area contributed by atoms with E-state index in [1.165, 1.54) is 42.7 Å². The van der Waals surface area contributed by atoms with Crippen molar-refractivity contribution in [2.75, 3.05) is 6.54 Å². The Hall–Kier alpha value is -2.95. The molecular weight excluding hydrogens is 369 g/mol. The summed E-state index contributed by atoms with van der Waals surface area (Å²) in [5, 5.41) is 2.92. The summed E-state index contributed by atoms with van der Waals surface area (Å²) in [7, 11) is 0. The summed E-state index contributed by atoms with van der Waals surface area (Å²) < 4.78 is 18.7. The molecule has 2 aromatic carbocycles. The Balaban J connectivity index is 1.49. The maximum absolute atomic E-state index is 13.0. The van der Waals surface area contributed by atoms with Crippen LogP contribution < -0.4 is 10.1 Å². The molecule has 0 unspecified atom stereocenters. The molecule has 1 amide bonds. The number of benzene rings is 2. The van der Waals surface area contributed by atoms with Crippen molar-refractivity contribution in [3.8, 4) is 5.75 Å². The lowest BCUT2D eigenvalue weighted by Crippen LogP contribution is -2.37. The topological polar surface area (TPSA) is 55.4 Å². The van der Waals surface area contributed by atoms with Crippen molar-refractivity contribution in [2.24, 2.45) is 0 Å². The highest BCUT2D eigenvalue weighted by Crippen LogP contribution is 2.20. The van der Waals surface area contributed by atoms with E-state index in [0.717, 1.165) is 19.3 Å². The third-order valence-corrected chi connectivity index (χ3v) is 5.04. The number of hydrogen-bond acceptors (Lipinski definition) is 3. The van der Waals surface area contributed by atoms with E-state index in [1.54, 1.807) is 31.2 Å². The Labute approximate surface area is 170 Å². The van der Waals surface area contributed by atoms with Crippen molar-refractivity contribution in [1.29, 1.82) is 0 Å². The van der Waals surface area contributed by atoms with Gasteiger partial charge in [0, 0.05) is 17.7 Å². The zero-order valence-electron chi connectivity index (χ0n) is 16.6. The quantitative estimate of drug-likeness (QED) is 0.514. The van der Waals surface area contributed by atoms with Crippen molar-refractivity contribution < 1.29 is 18.7 Å². The number of ether oxygens (including phenoxy) is 1. The van der Waals surface area contributed by atoms with E-state index in [0.29, 0.717) is 23.4 Å². The molecule has 0 spiro atoms. The monoisotopic (exact) mass is 395 g/mol. The van der Waals surface area contributed by atoms with Crippen LogP contribution in [0.2, 0.25) is 0 Å². The minimum atomic E-state index is -0.631. The molecule has 3 rings (SSSR count). The SMILES string of the molecule is C[C@H](Oc1ccc(C(=O)c2ccc(F)cc2)cc1)C(=O)NCCC1=CCCCC1. The smallest absolute Gasteiger partial charge is 0.260 e. The first-order valence-corrected chi connectivity index (χ1v) is 10.1. The van der Waals surface area contributed by atoms with Gasteiger partial charge in [0.25, 0.3) is 5.91 Å². The maximum atomic E-state index is 13.0.